The SMILES string of the molecule is Cc1ccccc1CC1=CNC=CS1. The molecule has 1 aromatic rings. The molecular formula is C12H13NS. The van der Waals surface area contributed by atoms with E-state index in [1.165, 1.54) is 16.0 Å². The average molecular weight is 203 g/mol. The molecule has 0 aliphatic carbocycles. The Morgan fingerprint density at radius 2 is 2.14 bits per heavy atom. The van der Waals surface area contributed by atoms with Gasteiger partial charge in [-0.3, -0.25) is 0 Å². The predicted molar refractivity (Wildman–Crippen MR) is 62.8 cm³/mol. The van der Waals surface area contributed by atoms with E-state index in [-0.39, 0.29) is 0 Å². The second kappa shape index (κ2) is 4.38. The lowest BCUT2D eigenvalue weighted by molar-refractivity contribution is 1.12. The van der Waals surface area contributed by atoms with Crippen molar-refractivity contribution >= 4 is 11.8 Å². The lowest BCUT2D eigenvalue weighted by Crippen LogP contribution is -2.00. The quantitative estimate of drug-likeness (QED) is 0.792. The van der Waals surface area contributed by atoms with Crippen molar-refractivity contribution in [3.63, 3.8) is 0 Å². The molecule has 0 saturated carbocycles. The maximum Gasteiger partial charge on any atom is 0.0107 e. The third kappa shape index (κ3) is 2.20. The minimum atomic E-state index is 1.02. The normalized spacial score (nSPS) is 14.8. The molecule has 0 saturated heterocycles. The van der Waals surface area contributed by atoms with Crippen molar-refractivity contribution in [3.8, 4) is 0 Å². The number of benzene rings is 1. The van der Waals surface area contributed by atoms with Crippen LogP contribution in [0.3, 0.4) is 0 Å². The molecule has 14 heavy (non-hydrogen) atoms. The first-order valence-corrected chi connectivity index (χ1v) is 5.55. The van der Waals surface area contributed by atoms with Crippen molar-refractivity contribution in [2.45, 2.75) is 13.3 Å². The van der Waals surface area contributed by atoms with Crippen LogP contribution in [0.2, 0.25) is 0 Å². The highest BCUT2D eigenvalue weighted by Gasteiger charge is 2.03. The van der Waals surface area contributed by atoms with Crippen LogP contribution in [0.25, 0.3) is 0 Å². The van der Waals surface area contributed by atoms with E-state index in [2.05, 4.69) is 48.1 Å². The zero-order chi connectivity index (χ0) is 9.80. The van der Waals surface area contributed by atoms with Gasteiger partial charge in [-0.25, -0.2) is 0 Å². The maximum absolute atomic E-state index is 3.11. The molecule has 1 heterocycles. The summed E-state index contributed by atoms with van der Waals surface area (Å²) in [6.07, 6.45) is 5.04. The lowest BCUT2D eigenvalue weighted by atomic mass is 10.1. The van der Waals surface area contributed by atoms with Crippen molar-refractivity contribution in [2.24, 2.45) is 0 Å². The summed E-state index contributed by atoms with van der Waals surface area (Å²) in [5.74, 6) is 0. The molecular weight excluding hydrogens is 190 g/mol. The summed E-state index contributed by atoms with van der Waals surface area (Å²) >= 11 is 1.78. The smallest absolute Gasteiger partial charge is 0.0107 e. The number of aryl methyl sites for hydroxylation is 1. The molecule has 0 bridgehead atoms. The van der Waals surface area contributed by atoms with Gasteiger partial charge in [0.15, 0.2) is 0 Å². The first-order valence-electron chi connectivity index (χ1n) is 4.67. The van der Waals surface area contributed by atoms with Gasteiger partial charge in [0.05, 0.1) is 0 Å². The molecule has 72 valence electrons. The van der Waals surface area contributed by atoms with E-state index in [4.69, 9.17) is 0 Å². The van der Waals surface area contributed by atoms with Crippen LogP contribution in [0.15, 0.2) is 47.0 Å². The van der Waals surface area contributed by atoms with E-state index < -0.39 is 0 Å². The van der Waals surface area contributed by atoms with Gasteiger partial charge in [0.25, 0.3) is 0 Å². The Balaban J connectivity index is 2.11. The van der Waals surface area contributed by atoms with Crippen LogP contribution < -0.4 is 5.32 Å². The van der Waals surface area contributed by atoms with Gasteiger partial charge in [-0.2, -0.15) is 0 Å². The van der Waals surface area contributed by atoms with Crippen LogP contribution in [0.4, 0.5) is 0 Å². The zero-order valence-electron chi connectivity index (χ0n) is 8.16. The summed E-state index contributed by atoms with van der Waals surface area (Å²) in [6.45, 7) is 2.16. The summed E-state index contributed by atoms with van der Waals surface area (Å²) in [7, 11) is 0. The molecule has 0 amide bonds. The molecule has 0 spiro atoms. The summed E-state index contributed by atoms with van der Waals surface area (Å²) in [5.41, 5.74) is 2.77. The van der Waals surface area contributed by atoms with Crippen LogP contribution >= 0.6 is 11.8 Å². The third-order valence-corrected chi connectivity index (χ3v) is 3.09. The molecule has 2 rings (SSSR count). The molecule has 1 nitrogen and oxygen atoms in total. The first kappa shape index (κ1) is 9.41. The molecule has 0 unspecified atom stereocenters. The largest absolute Gasteiger partial charge is 0.366 e. The highest BCUT2D eigenvalue weighted by molar-refractivity contribution is 8.05. The predicted octanol–water partition coefficient (Wildman–Crippen LogP) is 3.19. The number of thioether (sulfide) groups is 1. The standard InChI is InChI=1S/C12H13NS/c1-10-4-2-3-5-11(10)8-12-9-13-6-7-14-12/h2-7,9,13H,8H2,1H3. The highest BCUT2D eigenvalue weighted by Crippen LogP contribution is 2.24. The number of hydrogen-bond acceptors (Lipinski definition) is 2. The van der Waals surface area contributed by atoms with Crippen molar-refractivity contribution in [1.29, 1.82) is 0 Å². The van der Waals surface area contributed by atoms with Crippen LogP contribution in [0.1, 0.15) is 11.1 Å². The van der Waals surface area contributed by atoms with Crippen molar-refractivity contribution < 1.29 is 0 Å². The minimum Gasteiger partial charge on any atom is -0.366 e. The van der Waals surface area contributed by atoms with Crippen LogP contribution in [0.5, 0.6) is 0 Å². The van der Waals surface area contributed by atoms with E-state index in [0.29, 0.717) is 0 Å². The fourth-order valence-corrected chi connectivity index (χ4v) is 2.12. The Bertz CT molecular complexity index is 380. The molecule has 1 aliphatic heterocycles. The molecule has 0 atom stereocenters. The third-order valence-electron chi connectivity index (χ3n) is 2.25. The average Bonchev–Trinajstić information content (AvgIpc) is 2.23. The zero-order valence-corrected chi connectivity index (χ0v) is 8.97. The van der Waals surface area contributed by atoms with E-state index in [1.807, 2.05) is 6.20 Å². The molecule has 0 radical (unpaired) electrons. The Labute approximate surface area is 88.9 Å². The Kier molecular flexibility index (Phi) is 2.94. The highest BCUT2D eigenvalue weighted by atomic mass is 32.2. The Hall–Kier alpha value is -1.15. The fourth-order valence-electron chi connectivity index (χ4n) is 1.42. The Morgan fingerprint density at radius 3 is 2.86 bits per heavy atom. The van der Waals surface area contributed by atoms with Gasteiger partial charge < -0.3 is 5.32 Å². The van der Waals surface area contributed by atoms with Crippen molar-refractivity contribution in [1.82, 2.24) is 5.32 Å². The monoisotopic (exact) mass is 203 g/mol. The molecule has 1 aromatic carbocycles. The molecule has 1 aliphatic rings. The summed E-state index contributed by atoms with van der Waals surface area (Å²) < 4.78 is 0. The van der Waals surface area contributed by atoms with Crippen molar-refractivity contribution in [3.05, 3.63) is 58.1 Å². The van der Waals surface area contributed by atoms with Crippen LogP contribution in [0, 0.1) is 6.92 Å². The molecule has 0 fully saturated rings. The number of nitrogens with one attached hydrogen (secondary N) is 1. The second-order valence-corrected chi connectivity index (χ2v) is 4.33. The second-order valence-electron chi connectivity index (χ2n) is 3.30. The first-order chi connectivity index (χ1) is 6.86. The van der Waals surface area contributed by atoms with E-state index in [1.54, 1.807) is 11.8 Å². The topological polar surface area (TPSA) is 12.0 Å². The molecule has 0 aromatic heterocycles. The maximum atomic E-state index is 3.11. The van der Waals surface area contributed by atoms with Crippen LogP contribution in [-0.2, 0) is 6.42 Å². The van der Waals surface area contributed by atoms with E-state index in [9.17, 15) is 0 Å². The number of rotatable bonds is 2. The summed E-state index contributed by atoms with van der Waals surface area (Å²) in [5, 5.41) is 5.19. The van der Waals surface area contributed by atoms with Gasteiger partial charge in [-0.1, -0.05) is 36.0 Å². The Morgan fingerprint density at radius 1 is 1.29 bits per heavy atom. The van der Waals surface area contributed by atoms with E-state index >= 15 is 0 Å². The van der Waals surface area contributed by atoms with Gasteiger partial charge in [0.2, 0.25) is 0 Å². The number of hydrogen-bond donors (Lipinski definition) is 1. The van der Waals surface area contributed by atoms with Gasteiger partial charge >= 0.3 is 0 Å². The fraction of sp³-hybridized carbons (Fsp3) is 0.167. The summed E-state index contributed by atoms with van der Waals surface area (Å²) in [4.78, 5) is 1.36. The lowest BCUT2D eigenvalue weighted by Gasteiger charge is -2.10. The van der Waals surface area contributed by atoms with Gasteiger partial charge in [-0.15, -0.1) is 0 Å². The van der Waals surface area contributed by atoms with Crippen molar-refractivity contribution in [2.75, 3.05) is 0 Å². The summed E-state index contributed by atoms with van der Waals surface area (Å²) in [6, 6.07) is 8.53. The molecule has 2 heteroatoms. The van der Waals surface area contributed by atoms with Gasteiger partial charge in [-0.05, 0) is 23.5 Å². The molecule has 1 N–H and O–H groups in total. The van der Waals surface area contributed by atoms with Gasteiger partial charge in [0, 0.05) is 23.7 Å². The van der Waals surface area contributed by atoms with Gasteiger partial charge in [0.1, 0.15) is 0 Å². The minimum absolute atomic E-state index is 1.02. The van der Waals surface area contributed by atoms with Crippen LogP contribution in [-0.4, -0.2) is 0 Å². The number of allylic oxidation sites excluding steroid dienone is 1. The van der Waals surface area contributed by atoms with E-state index in [0.717, 1.165) is 6.42 Å².